The summed E-state index contributed by atoms with van der Waals surface area (Å²) in [6, 6.07) is 6.16. The Morgan fingerprint density at radius 1 is 1.53 bits per heavy atom. The van der Waals surface area contributed by atoms with Crippen molar-refractivity contribution < 1.29 is 14.3 Å². The van der Waals surface area contributed by atoms with E-state index >= 15 is 0 Å². The largest absolute Gasteiger partial charge is 0.393 e. The van der Waals surface area contributed by atoms with Crippen molar-refractivity contribution in [2.24, 2.45) is 0 Å². The van der Waals surface area contributed by atoms with E-state index in [9.17, 15) is 14.3 Å². The summed E-state index contributed by atoms with van der Waals surface area (Å²) in [6.07, 6.45) is 0.769. The molecule has 1 aromatic heterocycles. The Balaban J connectivity index is 2.03. The lowest BCUT2D eigenvalue weighted by Gasteiger charge is -2.07. The van der Waals surface area contributed by atoms with E-state index in [0.29, 0.717) is 36.0 Å². The van der Waals surface area contributed by atoms with Crippen molar-refractivity contribution in [2.45, 2.75) is 25.9 Å². The molecule has 1 aromatic carbocycles. The number of benzene rings is 1. The summed E-state index contributed by atoms with van der Waals surface area (Å²) >= 11 is 0. The van der Waals surface area contributed by atoms with Crippen LogP contribution in [0.2, 0.25) is 0 Å². The minimum Gasteiger partial charge on any atom is -0.393 e. The molecule has 19 heavy (non-hydrogen) atoms. The third-order valence-corrected chi connectivity index (χ3v) is 3.09. The van der Waals surface area contributed by atoms with Gasteiger partial charge in [0.15, 0.2) is 0 Å². The molecule has 0 saturated carbocycles. The molecule has 0 radical (unpaired) electrons. The van der Waals surface area contributed by atoms with E-state index in [1.807, 2.05) is 6.92 Å². The van der Waals surface area contributed by atoms with E-state index in [2.05, 4.69) is 10.3 Å². The predicted molar refractivity (Wildman–Crippen MR) is 71.5 cm³/mol. The second kappa shape index (κ2) is 5.84. The van der Waals surface area contributed by atoms with E-state index in [4.69, 9.17) is 0 Å². The molecule has 0 aliphatic carbocycles. The number of rotatable bonds is 5. The first-order valence-corrected chi connectivity index (χ1v) is 6.35. The summed E-state index contributed by atoms with van der Waals surface area (Å²) < 4.78 is 13.5. The number of hydrogen-bond donors (Lipinski definition) is 3. The maximum atomic E-state index is 13.5. The van der Waals surface area contributed by atoms with Crippen molar-refractivity contribution >= 4 is 16.8 Å². The number of carbonyl (C=O) groups excluding carboxylic acids is 1. The second-order valence-electron chi connectivity index (χ2n) is 4.49. The Labute approximate surface area is 110 Å². The Morgan fingerprint density at radius 3 is 3.00 bits per heavy atom. The van der Waals surface area contributed by atoms with Crippen molar-refractivity contribution in [1.29, 1.82) is 0 Å². The third-order valence-electron chi connectivity index (χ3n) is 3.09. The van der Waals surface area contributed by atoms with Gasteiger partial charge in [-0.2, -0.15) is 0 Å². The third kappa shape index (κ3) is 3.12. The van der Waals surface area contributed by atoms with Crippen LogP contribution in [0.25, 0.3) is 10.9 Å². The maximum Gasteiger partial charge on any atom is 0.267 e. The van der Waals surface area contributed by atoms with E-state index in [0.717, 1.165) is 0 Å². The number of amides is 1. The Morgan fingerprint density at radius 2 is 2.32 bits per heavy atom. The van der Waals surface area contributed by atoms with Crippen LogP contribution in [0, 0.1) is 5.82 Å². The molecular weight excluding hydrogens is 247 g/mol. The van der Waals surface area contributed by atoms with Crippen LogP contribution in [-0.4, -0.2) is 28.6 Å². The zero-order chi connectivity index (χ0) is 13.8. The van der Waals surface area contributed by atoms with Gasteiger partial charge in [0.25, 0.3) is 5.91 Å². The number of aliphatic hydroxyl groups excluding tert-OH is 1. The van der Waals surface area contributed by atoms with Gasteiger partial charge in [-0.25, -0.2) is 4.39 Å². The summed E-state index contributed by atoms with van der Waals surface area (Å²) in [7, 11) is 0. The van der Waals surface area contributed by atoms with Crippen LogP contribution < -0.4 is 5.32 Å². The number of hydrogen-bond acceptors (Lipinski definition) is 2. The maximum absolute atomic E-state index is 13.5. The molecule has 5 heteroatoms. The molecule has 1 atom stereocenters. The van der Waals surface area contributed by atoms with Crippen molar-refractivity contribution in [1.82, 2.24) is 10.3 Å². The predicted octanol–water partition coefficient (Wildman–Crippen LogP) is 2.20. The first-order chi connectivity index (χ1) is 9.11. The van der Waals surface area contributed by atoms with Crippen molar-refractivity contribution in [2.75, 3.05) is 6.54 Å². The van der Waals surface area contributed by atoms with E-state index < -0.39 is 6.10 Å². The Hall–Kier alpha value is -1.88. The number of fused-ring (bicyclic) bond motifs is 1. The average molecular weight is 264 g/mol. The normalized spacial score (nSPS) is 12.6. The van der Waals surface area contributed by atoms with Gasteiger partial charge in [0.05, 0.1) is 6.10 Å². The van der Waals surface area contributed by atoms with Gasteiger partial charge in [-0.15, -0.1) is 0 Å². The molecule has 0 aliphatic heterocycles. The summed E-state index contributed by atoms with van der Waals surface area (Å²) in [5.41, 5.74) is 0.921. The zero-order valence-electron chi connectivity index (χ0n) is 10.7. The molecule has 1 amide bonds. The van der Waals surface area contributed by atoms with Gasteiger partial charge in [0.2, 0.25) is 0 Å². The zero-order valence-corrected chi connectivity index (χ0v) is 10.7. The fourth-order valence-electron chi connectivity index (χ4n) is 1.89. The fraction of sp³-hybridized carbons (Fsp3) is 0.357. The molecule has 3 N–H and O–H groups in total. The highest BCUT2D eigenvalue weighted by Gasteiger charge is 2.11. The molecule has 0 saturated heterocycles. The lowest BCUT2D eigenvalue weighted by molar-refractivity contribution is 0.0938. The second-order valence-corrected chi connectivity index (χ2v) is 4.49. The molecule has 0 spiro atoms. The van der Waals surface area contributed by atoms with Gasteiger partial charge < -0.3 is 15.4 Å². The quantitative estimate of drug-likeness (QED) is 0.775. The first-order valence-electron chi connectivity index (χ1n) is 6.35. The van der Waals surface area contributed by atoms with Crippen LogP contribution in [0.3, 0.4) is 0 Å². The standard InChI is InChI=1S/C14H17FN2O2/c1-2-9(18)6-7-16-14(19)13-8-10-11(15)4-3-5-12(10)17-13/h3-5,8-9,17-18H,2,6-7H2,1H3,(H,16,19). The Kier molecular flexibility index (Phi) is 4.16. The van der Waals surface area contributed by atoms with E-state index in [1.54, 1.807) is 12.1 Å². The Bertz CT molecular complexity index is 580. The topological polar surface area (TPSA) is 65.1 Å². The van der Waals surface area contributed by atoms with Crippen molar-refractivity contribution in [3.05, 3.63) is 35.8 Å². The molecule has 1 unspecified atom stereocenters. The highest BCUT2D eigenvalue weighted by atomic mass is 19.1. The van der Waals surface area contributed by atoms with Crippen molar-refractivity contribution in [3.8, 4) is 0 Å². The van der Waals surface area contributed by atoms with E-state index in [1.165, 1.54) is 12.1 Å². The minimum atomic E-state index is -0.402. The van der Waals surface area contributed by atoms with Gasteiger partial charge in [-0.05, 0) is 31.0 Å². The van der Waals surface area contributed by atoms with Crippen LogP contribution in [0.15, 0.2) is 24.3 Å². The lowest BCUT2D eigenvalue weighted by Crippen LogP contribution is -2.27. The van der Waals surface area contributed by atoms with Crippen LogP contribution in [0.1, 0.15) is 30.3 Å². The molecule has 0 bridgehead atoms. The molecule has 0 aliphatic rings. The van der Waals surface area contributed by atoms with Gasteiger partial charge in [0.1, 0.15) is 11.5 Å². The highest BCUT2D eigenvalue weighted by molar-refractivity contribution is 5.98. The smallest absolute Gasteiger partial charge is 0.267 e. The number of H-pyrrole nitrogens is 1. The molecule has 4 nitrogen and oxygen atoms in total. The monoisotopic (exact) mass is 264 g/mol. The van der Waals surface area contributed by atoms with Gasteiger partial charge in [0, 0.05) is 17.4 Å². The number of nitrogens with one attached hydrogen (secondary N) is 2. The molecule has 102 valence electrons. The summed E-state index contributed by atoms with van der Waals surface area (Å²) in [4.78, 5) is 14.7. The summed E-state index contributed by atoms with van der Waals surface area (Å²) in [5, 5.41) is 12.5. The fourth-order valence-corrected chi connectivity index (χ4v) is 1.89. The van der Waals surface area contributed by atoms with E-state index in [-0.39, 0.29) is 11.7 Å². The number of aromatic amines is 1. The molecule has 2 aromatic rings. The highest BCUT2D eigenvalue weighted by Crippen LogP contribution is 2.18. The molecule has 2 rings (SSSR count). The number of carbonyl (C=O) groups is 1. The van der Waals surface area contributed by atoms with Gasteiger partial charge >= 0.3 is 0 Å². The number of aliphatic hydroxyl groups is 1. The molecule has 0 fully saturated rings. The van der Waals surface area contributed by atoms with Gasteiger partial charge in [-0.1, -0.05) is 13.0 Å². The van der Waals surface area contributed by atoms with Crippen LogP contribution in [0.4, 0.5) is 4.39 Å². The van der Waals surface area contributed by atoms with Crippen LogP contribution in [0.5, 0.6) is 0 Å². The summed E-state index contributed by atoms with van der Waals surface area (Å²) in [6.45, 7) is 2.28. The number of halogens is 1. The minimum absolute atomic E-state index is 0.293. The average Bonchev–Trinajstić information content (AvgIpc) is 2.84. The lowest BCUT2D eigenvalue weighted by atomic mass is 10.2. The molecule has 1 heterocycles. The molecular formula is C14H17FN2O2. The number of aromatic nitrogens is 1. The van der Waals surface area contributed by atoms with Crippen LogP contribution in [-0.2, 0) is 0 Å². The first kappa shape index (κ1) is 13.5. The van der Waals surface area contributed by atoms with Crippen molar-refractivity contribution in [3.63, 3.8) is 0 Å². The van der Waals surface area contributed by atoms with Crippen LogP contribution >= 0.6 is 0 Å². The SMILES string of the molecule is CCC(O)CCNC(=O)c1cc2c(F)cccc2[nH]1. The van der Waals surface area contributed by atoms with Gasteiger partial charge in [-0.3, -0.25) is 4.79 Å². The summed E-state index contributed by atoms with van der Waals surface area (Å²) in [5.74, 6) is -0.645.